The Morgan fingerprint density at radius 2 is 2.33 bits per heavy atom. The summed E-state index contributed by atoms with van der Waals surface area (Å²) in [6.07, 6.45) is 3.41. The molecule has 0 aliphatic rings. The molecule has 1 heterocycles. The molecule has 5 nitrogen and oxygen atoms in total. The summed E-state index contributed by atoms with van der Waals surface area (Å²) in [5.74, 6) is -0.501. The number of aryl methyl sites for hydroxylation is 1. The third-order valence-electron chi connectivity index (χ3n) is 2.36. The van der Waals surface area contributed by atoms with Crippen LogP contribution in [0, 0.1) is 0 Å². The van der Waals surface area contributed by atoms with E-state index >= 15 is 0 Å². The Kier molecular flexibility index (Phi) is 3.53. The number of carbonyl (C=O) groups excluding carboxylic acids is 1. The topological polar surface area (TPSA) is 70.1 Å². The minimum atomic E-state index is -0.501. The van der Waals surface area contributed by atoms with Gasteiger partial charge in [-0.15, -0.1) is 0 Å². The first-order chi connectivity index (χ1) is 8.56. The van der Waals surface area contributed by atoms with E-state index in [0.717, 1.165) is 5.56 Å². The number of hydrogen-bond acceptors (Lipinski definition) is 4. The molecule has 6 heteroatoms. The van der Waals surface area contributed by atoms with Gasteiger partial charge in [0.15, 0.2) is 0 Å². The molecule has 0 saturated heterocycles. The fraction of sp³-hybridized carbons (Fsp3) is 0.167. The van der Waals surface area contributed by atoms with Crippen LogP contribution in [-0.2, 0) is 18.4 Å². The van der Waals surface area contributed by atoms with Crippen LogP contribution in [0.25, 0.3) is 0 Å². The predicted octanol–water partition coefficient (Wildman–Crippen LogP) is 2.01. The molecule has 0 aliphatic carbocycles. The van der Waals surface area contributed by atoms with Crippen LogP contribution in [0.3, 0.4) is 0 Å². The van der Waals surface area contributed by atoms with E-state index in [9.17, 15) is 4.79 Å². The number of halogens is 1. The molecule has 0 spiro atoms. The monoisotopic (exact) mass is 265 g/mol. The van der Waals surface area contributed by atoms with E-state index in [-0.39, 0.29) is 12.2 Å². The van der Waals surface area contributed by atoms with Crippen LogP contribution in [0.4, 0.5) is 5.69 Å². The van der Waals surface area contributed by atoms with Crippen molar-refractivity contribution in [3.8, 4) is 0 Å². The summed E-state index contributed by atoms with van der Waals surface area (Å²) in [5.41, 5.74) is 7.11. The highest BCUT2D eigenvalue weighted by Crippen LogP contribution is 2.19. The van der Waals surface area contributed by atoms with Crippen LogP contribution >= 0.6 is 11.6 Å². The van der Waals surface area contributed by atoms with E-state index < -0.39 is 5.97 Å². The fourth-order valence-electron chi connectivity index (χ4n) is 1.48. The van der Waals surface area contributed by atoms with Gasteiger partial charge in [-0.05, 0) is 18.2 Å². The maximum atomic E-state index is 11.8. The second-order valence-corrected chi connectivity index (χ2v) is 4.27. The van der Waals surface area contributed by atoms with Crippen LogP contribution in [0.5, 0.6) is 0 Å². The first kappa shape index (κ1) is 12.4. The molecular formula is C12H12ClN3O2. The number of rotatable bonds is 3. The second-order valence-electron chi connectivity index (χ2n) is 3.83. The molecule has 94 valence electrons. The highest BCUT2D eigenvalue weighted by molar-refractivity contribution is 6.31. The van der Waals surface area contributed by atoms with Crippen LogP contribution in [0.15, 0.2) is 30.6 Å². The third kappa shape index (κ3) is 2.81. The maximum absolute atomic E-state index is 11.8. The lowest BCUT2D eigenvalue weighted by Crippen LogP contribution is -2.08. The third-order valence-corrected chi connectivity index (χ3v) is 2.60. The molecule has 1 aromatic heterocycles. The van der Waals surface area contributed by atoms with Crippen LogP contribution in [0.2, 0.25) is 5.02 Å². The van der Waals surface area contributed by atoms with E-state index in [1.165, 1.54) is 6.07 Å². The zero-order chi connectivity index (χ0) is 13.1. The van der Waals surface area contributed by atoms with Crippen molar-refractivity contribution in [2.24, 2.45) is 7.05 Å². The average Bonchev–Trinajstić information content (AvgIpc) is 2.75. The second kappa shape index (κ2) is 5.10. The van der Waals surface area contributed by atoms with Crippen molar-refractivity contribution in [1.29, 1.82) is 0 Å². The lowest BCUT2D eigenvalue weighted by atomic mass is 10.2. The maximum Gasteiger partial charge on any atom is 0.340 e. The number of esters is 1. The van der Waals surface area contributed by atoms with Crippen molar-refractivity contribution in [2.45, 2.75) is 6.61 Å². The smallest absolute Gasteiger partial charge is 0.340 e. The minimum Gasteiger partial charge on any atom is -0.457 e. The molecule has 2 rings (SSSR count). The molecule has 1 aromatic carbocycles. The molecule has 0 fully saturated rings. The Morgan fingerprint density at radius 3 is 3.00 bits per heavy atom. The van der Waals surface area contributed by atoms with E-state index in [2.05, 4.69) is 5.10 Å². The Labute approximate surface area is 109 Å². The summed E-state index contributed by atoms with van der Waals surface area (Å²) in [5, 5.41) is 4.42. The quantitative estimate of drug-likeness (QED) is 0.681. The van der Waals surface area contributed by atoms with Crippen LogP contribution in [0.1, 0.15) is 15.9 Å². The molecule has 0 bridgehead atoms. The lowest BCUT2D eigenvalue weighted by Gasteiger charge is -2.06. The molecule has 18 heavy (non-hydrogen) atoms. The van der Waals surface area contributed by atoms with Gasteiger partial charge in [-0.3, -0.25) is 4.68 Å². The molecule has 2 aromatic rings. The number of hydrogen-bond donors (Lipinski definition) is 1. The summed E-state index contributed by atoms with van der Waals surface area (Å²) < 4.78 is 6.77. The van der Waals surface area contributed by atoms with Gasteiger partial charge in [0.05, 0.1) is 11.8 Å². The SMILES string of the molecule is Cn1cc(COC(=O)c2cc(Cl)ccc2N)cn1. The van der Waals surface area contributed by atoms with Gasteiger partial charge in [-0.1, -0.05) is 11.6 Å². The Hall–Kier alpha value is -2.01. The summed E-state index contributed by atoms with van der Waals surface area (Å²) in [4.78, 5) is 11.8. The number of benzene rings is 1. The minimum absolute atomic E-state index is 0.151. The van der Waals surface area contributed by atoms with Gasteiger partial charge in [0.2, 0.25) is 0 Å². The highest BCUT2D eigenvalue weighted by atomic mass is 35.5. The first-order valence-corrected chi connectivity index (χ1v) is 5.64. The molecule has 0 unspecified atom stereocenters. The first-order valence-electron chi connectivity index (χ1n) is 5.26. The van der Waals surface area contributed by atoms with E-state index in [1.807, 2.05) is 0 Å². The van der Waals surface area contributed by atoms with E-state index in [0.29, 0.717) is 10.7 Å². The average molecular weight is 266 g/mol. The number of carbonyl (C=O) groups is 1. The largest absolute Gasteiger partial charge is 0.457 e. The van der Waals surface area contributed by atoms with Gasteiger partial charge in [0.25, 0.3) is 0 Å². The summed E-state index contributed by atoms with van der Waals surface area (Å²) in [7, 11) is 1.79. The number of nitrogens with zero attached hydrogens (tertiary/aromatic N) is 2. The summed E-state index contributed by atoms with van der Waals surface area (Å²) >= 11 is 5.80. The lowest BCUT2D eigenvalue weighted by molar-refractivity contribution is 0.0474. The molecule has 0 radical (unpaired) electrons. The van der Waals surface area contributed by atoms with Crippen LogP contribution < -0.4 is 5.73 Å². The molecule has 0 atom stereocenters. The number of nitrogen functional groups attached to an aromatic ring is 1. The number of ether oxygens (including phenoxy) is 1. The highest BCUT2D eigenvalue weighted by Gasteiger charge is 2.12. The standard InChI is InChI=1S/C12H12ClN3O2/c1-16-6-8(5-15-16)7-18-12(17)10-4-9(13)2-3-11(10)14/h2-6H,7,14H2,1H3. The molecular weight excluding hydrogens is 254 g/mol. The van der Waals surface area contributed by atoms with Crippen LogP contribution in [-0.4, -0.2) is 15.7 Å². The normalized spacial score (nSPS) is 10.3. The van der Waals surface area contributed by atoms with E-state index in [1.54, 1.807) is 36.3 Å². The van der Waals surface area contributed by atoms with Crippen molar-refractivity contribution in [2.75, 3.05) is 5.73 Å². The summed E-state index contributed by atoms with van der Waals surface area (Å²) in [6, 6.07) is 4.68. The van der Waals surface area contributed by atoms with Gasteiger partial charge in [-0.2, -0.15) is 5.10 Å². The van der Waals surface area contributed by atoms with E-state index in [4.69, 9.17) is 22.1 Å². The number of anilines is 1. The predicted molar refractivity (Wildman–Crippen MR) is 68.2 cm³/mol. The Bertz CT molecular complexity index is 580. The van der Waals surface area contributed by atoms with Gasteiger partial charge in [-0.25, -0.2) is 4.79 Å². The van der Waals surface area contributed by atoms with Crippen molar-refractivity contribution in [3.05, 3.63) is 46.7 Å². The molecule has 0 amide bonds. The molecule has 0 aliphatic heterocycles. The van der Waals surface area contributed by atoms with Gasteiger partial charge in [0.1, 0.15) is 6.61 Å². The zero-order valence-corrected chi connectivity index (χ0v) is 10.5. The van der Waals surface area contributed by atoms with Crippen molar-refractivity contribution in [3.63, 3.8) is 0 Å². The number of aromatic nitrogens is 2. The molecule has 0 saturated carbocycles. The van der Waals surface area contributed by atoms with Gasteiger partial charge < -0.3 is 10.5 Å². The Morgan fingerprint density at radius 1 is 1.56 bits per heavy atom. The Balaban J connectivity index is 2.05. The van der Waals surface area contributed by atoms with Gasteiger partial charge in [0, 0.05) is 29.5 Å². The van der Waals surface area contributed by atoms with Crippen molar-refractivity contribution < 1.29 is 9.53 Å². The van der Waals surface area contributed by atoms with Crippen molar-refractivity contribution in [1.82, 2.24) is 9.78 Å². The fourth-order valence-corrected chi connectivity index (χ4v) is 1.65. The molecule has 2 N–H and O–H groups in total. The van der Waals surface area contributed by atoms with Gasteiger partial charge >= 0.3 is 5.97 Å². The van der Waals surface area contributed by atoms with Crippen molar-refractivity contribution >= 4 is 23.3 Å². The zero-order valence-electron chi connectivity index (χ0n) is 9.76. The number of nitrogens with two attached hydrogens (primary N) is 1. The summed E-state index contributed by atoms with van der Waals surface area (Å²) in [6.45, 7) is 0.151.